The quantitative estimate of drug-likeness (QED) is 0.900. The van der Waals surface area contributed by atoms with Gasteiger partial charge in [0.1, 0.15) is 5.75 Å². The van der Waals surface area contributed by atoms with Gasteiger partial charge in [0.2, 0.25) is 0 Å². The van der Waals surface area contributed by atoms with E-state index in [1.165, 1.54) is 12.8 Å². The Hall–Kier alpha value is -0.540. The maximum atomic E-state index is 5.97. The molecular weight excluding hydrogens is 266 g/mol. The monoisotopic (exact) mass is 283 g/mol. The molecule has 0 spiro atoms. The molecule has 0 aromatic heterocycles. The molecule has 3 heteroatoms. The van der Waals surface area contributed by atoms with Crippen molar-refractivity contribution in [2.45, 2.75) is 32.2 Å². The zero-order valence-electron chi connectivity index (χ0n) is 9.58. The fourth-order valence-electron chi connectivity index (χ4n) is 2.02. The first kappa shape index (κ1) is 11.9. The molecule has 1 aliphatic carbocycles. The third-order valence-corrected chi connectivity index (χ3v) is 4.02. The van der Waals surface area contributed by atoms with E-state index in [1.54, 1.807) is 0 Å². The van der Waals surface area contributed by atoms with Gasteiger partial charge >= 0.3 is 0 Å². The molecule has 16 heavy (non-hydrogen) atoms. The Morgan fingerprint density at radius 3 is 2.81 bits per heavy atom. The fourth-order valence-corrected chi connectivity index (χ4v) is 2.40. The van der Waals surface area contributed by atoms with E-state index in [2.05, 4.69) is 22.9 Å². The van der Waals surface area contributed by atoms with Crippen LogP contribution in [0.5, 0.6) is 5.75 Å². The van der Waals surface area contributed by atoms with Crippen molar-refractivity contribution in [3.63, 3.8) is 0 Å². The van der Waals surface area contributed by atoms with Crippen LogP contribution in [0.25, 0.3) is 0 Å². The van der Waals surface area contributed by atoms with Crippen LogP contribution in [0.2, 0.25) is 0 Å². The summed E-state index contributed by atoms with van der Waals surface area (Å²) in [6, 6.07) is 8.25. The van der Waals surface area contributed by atoms with Crippen molar-refractivity contribution in [1.82, 2.24) is 0 Å². The summed E-state index contributed by atoms with van der Waals surface area (Å²) in [6.45, 7) is 2.87. The molecule has 1 aromatic carbocycles. The van der Waals surface area contributed by atoms with Crippen molar-refractivity contribution in [3.8, 4) is 5.75 Å². The molecule has 1 unspecified atom stereocenters. The minimum absolute atomic E-state index is 0.290. The van der Waals surface area contributed by atoms with Crippen molar-refractivity contribution in [2.75, 3.05) is 6.61 Å². The number of ether oxygens (including phenoxy) is 1. The van der Waals surface area contributed by atoms with Crippen LogP contribution in [0.15, 0.2) is 28.7 Å². The highest BCUT2D eigenvalue weighted by Gasteiger charge is 2.45. The molecule has 0 bridgehead atoms. The van der Waals surface area contributed by atoms with Crippen LogP contribution in [0.1, 0.15) is 26.2 Å². The van der Waals surface area contributed by atoms with Gasteiger partial charge in [-0.25, -0.2) is 0 Å². The molecule has 0 aliphatic heterocycles. The first-order chi connectivity index (χ1) is 7.62. The lowest BCUT2D eigenvalue weighted by Crippen LogP contribution is -2.29. The van der Waals surface area contributed by atoms with Crippen molar-refractivity contribution in [2.24, 2.45) is 11.1 Å². The van der Waals surface area contributed by atoms with Gasteiger partial charge in [-0.3, -0.25) is 0 Å². The fraction of sp³-hybridized carbons (Fsp3) is 0.538. The Bertz CT molecular complexity index is 361. The van der Waals surface area contributed by atoms with Gasteiger partial charge < -0.3 is 10.5 Å². The molecule has 0 heterocycles. The SMILES string of the molecule is CC(N)C1(CCOc2cccc(Br)c2)CC1. The second kappa shape index (κ2) is 4.76. The third kappa shape index (κ3) is 2.77. The first-order valence-corrected chi connectivity index (χ1v) is 6.56. The molecule has 2 nitrogen and oxygen atoms in total. The summed E-state index contributed by atoms with van der Waals surface area (Å²) in [7, 11) is 0. The molecule has 88 valence electrons. The zero-order valence-corrected chi connectivity index (χ0v) is 11.2. The average Bonchev–Trinajstić information content (AvgIpc) is 2.99. The van der Waals surface area contributed by atoms with Crippen LogP contribution < -0.4 is 10.5 Å². The van der Waals surface area contributed by atoms with E-state index in [0.29, 0.717) is 11.5 Å². The minimum atomic E-state index is 0.290. The predicted octanol–water partition coefficient (Wildman–Crippen LogP) is 3.35. The van der Waals surface area contributed by atoms with Crippen molar-refractivity contribution in [3.05, 3.63) is 28.7 Å². The Kier molecular flexibility index (Phi) is 3.55. The lowest BCUT2D eigenvalue weighted by molar-refractivity contribution is 0.253. The highest BCUT2D eigenvalue weighted by Crippen LogP contribution is 2.50. The number of hydrogen-bond donors (Lipinski definition) is 1. The summed E-state index contributed by atoms with van der Waals surface area (Å²) in [5.74, 6) is 0.926. The Morgan fingerprint density at radius 1 is 1.50 bits per heavy atom. The van der Waals surface area contributed by atoms with Gasteiger partial charge in [0.15, 0.2) is 0 Å². The van der Waals surface area contributed by atoms with Crippen LogP contribution in [-0.4, -0.2) is 12.6 Å². The molecule has 1 aromatic rings. The van der Waals surface area contributed by atoms with E-state index in [9.17, 15) is 0 Å². The summed E-state index contributed by atoms with van der Waals surface area (Å²) in [5.41, 5.74) is 6.34. The van der Waals surface area contributed by atoms with E-state index in [1.807, 2.05) is 24.3 Å². The highest BCUT2D eigenvalue weighted by atomic mass is 79.9. The van der Waals surface area contributed by atoms with E-state index in [0.717, 1.165) is 23.2 Å². The van der Waals surface area contributed by atoms with Crippen LogP contribution >= 0.6 is 15.9 Å². The summed E-state index contributed by atoms with van der Waals surface area (Å²) < 4.78 is 6.78. The maximum Gasteiger partial charge on any atom is 0.120 e. The van der Waals surface area contributed by atoms with Crippen molar-refractivity contribution < 1.29 is 4.74 Å². The average molecular weight is 284 g/mol. The number of rotatable bonds is 5. The number of benzene rings is 1. The molecule has 0 saturated heterocycles. The molecule has 1 saturated carbocycles. The summed E-state index contributed by atoms with van der Waals surface area (Å²) in [4.78, 5) is 0. The minimum Gasteiger partial charge on any atom is -0.494 e. The standard InChI is InChI=1S/C13H18BrNO/c1-10(15)13(5-6-13)7-8-16-12-4-2-3-11(14)9-12/h2-4,9-10H,5-8,15H2,1H3. The highest BCUT2D eigenvalue weighted by molar-refractivity contribution is 9.10. The van der Waals surface area contributed by atoms with Crippen molar-refractivity contribution >= 4 is 15.9 Å². The smallest absolute Gasteiger partial charge is 0.120 e. The normalized spacial score (nSPS) is 19.2. The number of nitrogens with two attached hydrogens (primary N) is 1. The second-order valence-corrected chi connectivity index (χ2v) is 5.62. The van der Waals surface area contributed by atoms with Gasteiger partial charge in [0.25, 0.3) is 0 Å². The van der Waals surface area contributed by atoms with Gasteiger partial charge in [0, 0.05) is 10.5 Å². The molecule has 1 fully saturated rings. The molecule has 2 N–H and O–H groups in total. The molecule has 0 amide bonds. The lowest BCUT2D eigenvalue weighted by Gasteiger charge is -2.19. The van der Waals surface area contributed by atoms with E-state index < -0.39 is 0 Å². The van der Waals surface area contributed by atoms with Crippen LogP contribution in [0.4, 0.5) is 0 Å². The van der Waals surface area contributed by atoms with Crippen LogP contribution in [-0.2, 0) is 0 Å². The van der Waals surface area contributed by atoms with E-state index in [-0.39, 0.29) is 0 Å². The van der Waals surface area contributed by atoms with Gasteiger partial charge in [-0.2, -0.15) is 0 Å². The van der Waals surface area contributed by atoms with Gasteiger partial charge in [-0.1, -0.05) is 22.0 Å². The summed E-state index contributed by atoms with van der Waals surface area (Å²) in [6.07, 6.45) is 3.58. The largest absolute Gasteiger partial charge is 0.494 e. The van der Waals surface area contributed by atoms with Gasteiger partial charge in [-0.15, -0.1) is 0 Å². The number of halogens is 1. The molecule has 0 radical (unpaired) electrons. The second-order valence-electron chi connectivity index (χ2n) is 4.71. The van der Waals surface area contributed by atoms with Crippen LogP contribution in [0.3, 0.4) is 0 Å². The molecule has 2 rings (SSSR count). The topological polar surface area (TPSA) is 35.2 Å². The zero-order chi connectivity index (χ0) is 11.6. The van der Waals surface area contributed by atoms with Crippen molar-refractivity contribution in [1.29, 1.82) is 0 Å². The van der Waals surface area contributed by atoms with E-state index in [4.69, 9.17) is 10.5 Å². The van der Waals surface area contributed by atoms with Crippen LogP contribution in [0, 0.1) is 5.41 Å². The maximum absolute atomic E-state index is 5.97. The summed E-state index contributed by atoms with van der Waals surface area (Å²) in [5, 5.41) is 0. The molecular formula is C13H18BrNO. The summed E-state index contributed by atoms with van der Waals surface area (Å²) >= 11 is 3.43. The molecule has 1 atom stereocenters. The van der Waals surface area contributed by atoms with E-state index >= 15 is 0 Å². The Balaban J connectivity index is 1.80. The molecule has 1 aliphatic rings. The Morgan fingerprint density at radius 2 is 2.25 bits per heavy atom. The van der Waals surface area contributed by atoms with Gasteiger partial charge in [0.05, 0.1) is 6.61 Å². The predicted molar refractivity (Wildman–Crippen MR) is 69.6 cm³/mol. The lowest BCUT2D eigenvalue weighted by atomic mass is 9.95. The first-order valence-electron chi connectivity index (χ1n) is 5.76. The number of hydrogen-bond acceptors (Lipinski definition) is 2. The van der Waals surface area contributed by atoms with Gasteiger partial charge in [-0.05, 0) is 49.8 Å². The third-order valence-electron chi connectivity index (χ3n) is 3.52. The Labute approximate surface area is 105 Å².